The van der Waals surface area contributed by atoms with Crippen molar-refractivity contribution in [2.24, 2.45) is 17.8 Å². The third-order valence-corrected chi connectivity index (χ3v) is 12.3. The molecule has 9 heteroatoms. The molecule has 3 aliphatic rings. The number of benzene rings is 2. The summed E-state index contributed by atoms with van der Waals surface area (Å²) in [4.78, 5) is 15.7. The van der Waals surface area contributed by atoms with Crippen molar-refractivity contribution >= 4 is 33.2 Å². The maximum absolute atomic E-state index is 13.4. The van der Waals surface area contributed by atoms with Gasteiger partial charge in [-0.1, -0.05) is 43.7 Å². The zero-order chi connectivity index (χ0) is 30.8. The fourth-order valence-corrected chi connectivity index (χ4v) is 8.40. The number of ether oxygens (including phenoxy) is 2. The van der Waals surface area contributed by atoms with Gasteiger partial charge in [0.1, 0.15) is 12.4 Å². The van der Waals surface area contributed by atoms with E-state index in [0.717, 1.165) is 67.9 Å². The van der Waals surface area contributed by atoms with E-state index in [4.69, 9.17) is 21.1 Å². The maximum Gasteiger partial charge on any atom is 0.264 e. The zero-order valence-electron chi connectivity index (χ0n) is 25.8. The molecule has 0 spiro atoms. The molecule has 7 nitrogen and oxygen atoms in total. The highest BCUT2D eigenvalue weighted by Crippen LogP contribution is 2.47. The van der Waals surface area contributed by atoms with E-state index >= 15 is 0 Å². The van der Waals surface area contributed by atoms with Crippen LogP contribution in [0.1, 0.15) is 80.8 Å². The van der Waals surface area contributed by atoms with Crippen molar-refractivity contribution in [3.63, 3.8) is 0 Å². The zero-order valence-corrected chi connectivity index (χ0v) is 27.3. The molecule has 0 aromatic heterocycles. The van der Waals surface area contributed by atoms with E-state index in [0.29, 0.717) is 36.2 Å². The first-order valence-electron chi connectivity index (χ1n) is 15.6. The Balaban J connectivity index is 1.58. The third-order valence-electron chi connectivity index (χ3n) is 10.1. The molecule has 2 heterocycles. The van der Waals surface area contributed by atoms with Crippen molar-refractivity contribution in [3.8, 4) is 5.75 Å². The van der Waals surface area contributed by atoms with Gasteiger partial charge in [0, 0.05) is 30.8 Å². The Morgan fingerprint density at radius 2 is 1.93 bits per heavy atom. The third kappa shape index (κ3) is 6.76. The van der Waals surface area contributed by atoms with Crippen molar-refractivity contribution in [1.82, 2.24) is 4.72 Å². The number of carbonyl (C=O) groups is 1. The minimum absolute atomic E-state index is 0.188. The SMILES string of the molecule is CC[C@]1(OC)/C=C/C[C@H](C)[C@@H](C)S(=O)(=O)NC(=O)c2ccc3c(c2)N(CCCCc2cc(Cl)ccc2CO3)C[C@@H]2CC[C@H]21. The normalized spacial score (nSPS) is 30.3. The molecule has 1 aliphatic carbocycles. The Bertz CT molecular complexity index is 1450. The second-order valence-corrected chi connectivity index (χ2v) is 15.0. The van der Waals surface area contributed by atoms with Gasteiger partial charge in [-0.25, -0.2) is 13.1 Å². The van der Waals surface area contributed by atoms with Gasteiger partial charge < -0.3 is 14.4 Å². The Morgan fingerprint density at radius 3 is 2.65 bits per heavy atom. The molecule has 1 N–H and O–H groups in total. The number of allylic oxidation sites excluding steroid dienone is 1. The van der Waals surface area contributed by atoms with E-state index in [1.165, 1.54) is 5.56 Å². The molecule has 1 saturated carbocycles. The van der Waals surface area contributed by atoms with Crippen molar-refractivity contribution in [2.75, 3.05) is 25.1 Å². The second-order valence-electron chi connectivity index (χ2n) is 12.5. The van der Waals surface area contributed by atoms with Gasteiger partial charge in [0.25, 0.3) is 5.91 Å². The number of anilines is 1. The van der Waals surface area contributed by atoms with Crippen molar-refractivity contribution < 1.29 is 22.7 Å². The van der Waals surface area contributed by atoms with E-state index in [1.54, 1.807) is 32.2 Å². The molecular weight excluding hydrogens is 584 g/mol. The van der Waals surface area contributed by atoms with Crippen molar-refractivity contribution in [1.29, 1.82) is 0 Å². The van der Waals surface area contributed by atoms with Crippen molar-refractivity contribution in [2.45, 2.75) is 83.2 Å². The number of amides is 1. The van der Waals surface area contributed by atoms with E-state index in [9.17, 15) is 13.2 Å². The Hall–Kier alpha value is -2.55. The molecule has 0 radical (unpaired) electrons. The number of fused-ring (bicyclic) bond motifs is 3. The van der Waals surface area contributed by atoms with Crippen LogP contribution in [-0.2, 0) is 27.8 Å². The number of methoxy groups -OCH3 is 1. The van der Waals surface area contributed by atoms with Crippen molar-refractivity contribution in [3.05, 3.63) is 70.3 Å². The first-order valence-corrected chi connectivity index (χ1v) is 17.6. The van der Waals surface area contributed by atoms with Gasteiger partial charge in [-0.05, 0) is 111 Å². The average Bonchev–Trinajstić information content (AvgIpc) is 3.00. The predicted molar refractivity (Wildman–Crippen MR) is 172 cm³/mol. The first-order chi connectivity index (χ1) is 20.6. The molecule has 234 valence electrons. The van der Waals surface area contributed by atoms with Crippen LogP contribution in [0.25, 0.3) is 0 Å². The van der Waals surface area contributed by atoms with E-state index in [1.807, 2.05) is 25.1 Å². The summed E-state index contributed by atoms with van der Waals surface area (Å²) in [5, 5.41) is -0.0330. The molecule has 0 unspecified atom stereocenters. The molecule has 1 amide bonds. The lowest BCUT2D eigenvalue weighted by molar-refractivity contribution is -0.0770. The molecule has 2 bridgehead atoms. The standard InChI is InChI=1S/C34H45ClN2O5S/c1-5-34(41-4)17-8-9-23(2)24(3)43(39,40)36-33(38)26-13-16-32-31(20-26)37(21-27-12-15-30(27)34)18-7-6-10-25-19-29(35)14-11-28(25)22-42-32/h8,11,13-14,16-17,19-20,23-24,27,30H,5-7,9-10,12,15,18,21-22H2,1-4H3,(H,36,38)/b17-8+/t23-,24+,27-,30+,34-/m0/s1. The summed E-state index contributed by atoms with van der Waals surface area (Å²) in [5.74, 6) is 0.607. The number of nitrogens with zero attached hydrogens (tertiary/aromatic N) is 1. The van der Waals surface area contributed by atoms with Crippen LogP contribution in [0.5, 0.6) is 5.75 Å². The number of halogens is 1. The van der Waals surface area contributed by atoms with Crippen LogP contribution in [0.15, 0.2) is 48.6 Å². The summed E-state index contributed by atoms with van der Waals surface area (Å²) in [6.07, 6.45) is 10.7. The Morgan fingerprint density at radius 1 is 1.12 bits per heavy atom. The van der Waals surface area contributed by atoms with Gasteiger partial charge in [-0.2, -0.15) is 0 Å². The number of sulfonamides is 1. The molecule has 2 aromatic rings. The average molecular weight is 629 g/mol. The monoisotopic (exact) mass is 628 g/mol. The number of nitrogens with one attached hydrogen (secondary N) is 1. The van der Waals surface area contributed by atoms with Gasteiger partial charge in [0.15, 0.2) is 0 Å². The highest BCUT2D eigenvalue weighted by atomic mass is 35.5. The van der Waals surface area contributed by atoms with Crippen LogP contribution in [0.4, 0.5) is 5.69 Å². The van der Waals surface area contributed by atoms with Gasteiger partial charge >= 0.3 is 0 Å². The molecule has 2 aromatic carbocycles. The lowest BCUT2D eigenvalue weighted by Crippen LogP contribution is -2.50. The van der Waals surface area contributed by atoms with Crippen LogP contribution < -0.4 is 14.4 Å². The molecular formula is C34H45ClN2O5S. The van der Waals surface area contributed by atoms with Gasteiger partial charge in [-0.15, -0.1) is 0 Å². The van der Waals surface area contributed by atoms with Gasteiger partial charge in [0.05, 0.1) is 16.5 Å². The summed E-state index contributed by atoms with van der Waals surface area (Å²) >= 11 is 6.34. The summed E-state index contributed by atoms with van der Waals surface area (Å²) < 4.78 is 41.6. The van der Waals surface area contributed by atoms with E-state index < -0.39 is 26.8 Å². The van der Waals surface area contributed by atoms with E-state index in [2.05, 4.69) is 28.7 Å². The molecule has 43 heavy (non-hydrogen) atoms. The lowest BCUT2D eigenvalue weighted by Gasteiger charge is -2.49. The minimum atomic E-state index is -3.90. The molecule has 5 rings (SSSR count). The summed E-state index contributed by atoms with van der Waals surface area (Å²) in [5.41, 5.74) is 2.99. The first kappa shape index (κ1) is 31.9. The summed E-state index contributed by atoms with van der Waals surface area (Å²) in [7, 11) is -2.11. The van der Waals surface area contributed by atoms with E-state index in [-0.39, 0.29) is 5.92 Å². The Labute approximate surface area is 262 Å². The second kappa shape index (κ2) is 13.2. The molecule has 0 saturated heterocycles. The number of aryl methyl sites for hydroxylation is 1. The highest BCUT2D eigenvalue weighted by Gasteiger charge is 2.46. The lowest BCUT2D eigenvalue weighted by atomic mass is 9.63. The van der Waals surface area contributed by atoms with Crippen LogP contribution >= 0.6 is 11.6 Å². The fourth-order valence-electron chi connectivity index (χ4n) is 6.92. The van der Waals surface area contributed by atoms with Crippen LogP contribution in [0.3, 0.4) is 0 Å². The van der Waals surface area contributed by atoms with Crippen LogP contribution in [0.2, 0.25) is 5.02 Å². The smallest absolute Gasteiger partial charge is 0.264 e. The molecule has 1 fully saturated rings. The maximum atomic E-state index is 13.4. The van der Waals surface area contributed by atoms with Gasteiger partial charge in [-0.3, -0.25) is 4.79 Å². The number of hydrogen-bond acceptors (Lipinski definition) is 6. The van der Waals surface area contributed by atoms with Crippen LogP contribution in [-0.4, -0.2) is 45.4 Å². The molecule has 5 atom stereocenters. The topological polar surface area (TPSA) is 84.9 Å². The predicted octanol–water partition coefficient (Wildman–Crippen LogP) is 6.93. The quantitative estimate of drug-likeness (QED) is 0.363. The summed E-state index contributed by atoms with van der Waals surface area (Å²) in [6.45, 7) is 7.71. The Kier molecular flexibility index (Phi) is 9.79. The van der Waals surface area contributed by atoms with Crippen LogP contribution in [0, 0.1) is 17.8 Å². The largest absolute Gasteiger partial charge is 0.487 e. The minimum Gasteiger partial charge on any atom is -0.487 e. The summed E-state index contributed by atoms with van der Waals surface area (Å²) in [6, 6.07) is 11.2. The molecule has 2 aliphatic heterocycles. The van der Waals surface area contributed by atoms with Gasteiger partial charge in [0.2, 0.25) is 10.0 Å². The number of rotatable bonds is 2. The number of carbonyl (C=O) groups excluding carboxylic acids is 1. The number of hydrogen-bond donors (Lipinski definition) is 1. The highest BCUT2D eigenvalue weighted by molar-refractivity contribution is 7.90. The fraction of sp³-hybridized carbons (Fsp3) is 0.559.